The van der Waals surface area contributed by atoms with Crippen molar-refractivity contribution in [3.63, 3.8) is 0 Å². The lowest BCUT2D eigenvalue weighted by Gasteiger charge is -2.39. The lowest BCUT2D eigenvalue weighted by molar-refractivity contribution is -0.186. The molecule has 8 rings (SSSR count). The van der Waals surface area contributed by atoms with Crippen LogP contribution in [0.4, 0.5) is 55.3 Å². The number of Topliss-reactive ketones (excluding diaryl/α,β-unsaturated/α-hetero) is 1. The molecule has 3 unspecified atom stereocenters. The van der Waals surface area contributed by atoms with Crippen molar-refractivity contribution in [1.82, 2.24) is 10.6 Å². The molecule has 0 saturated carbocycles. The molecule has 0 aliphatic carbocycles. The maximum atomic E-state index is 15.1. The van der Waals surface area contributed by atoms with E-state index in [0.29, 0.717) is 0 Å². The fourth-order valence-electron chi connectivity index (χ4n) is 7.69. The average Bonchev–Trinajstić information content (AvgIpc) is 3.66. The van der Waals surface area contributed by atoms with E-state index in [1.165, 1.54) is 6.92 Å². The third-order valence-electron chi connectivity index (χ3n) is 10.8. The molecule has 22 heteroatoms. The van der Waals surface area contributed by atoms with E-state index in [-0.39, 0.29) is 109 Å². The van der Waals surface area contributed by atoms with Gasteiger partial charge in [-0.15, -0.1) is 0 Å². The van der Waals surface area contributed by atoms with Gasteiger partial charge in [0, 0.05) is 62.8 Å². The van der Waals surface area contributed by atoms with Crippen LogP contribution in [0.3, 0.4) is 0 Å². The van der Waals surface area contributed by atoms with Crippen LogP contribution < -0.4 is 20.4 Å². The number of anilines is 2. The highest BCUT2D eigenvalue weighted by Crippen LogP contribution is 2.43. The number of ether oxygens (including phenoxy) is 2. The Morgan fingerprint density at radius 2 is 1.16 bits per heavy atom. The topological polar surface area (TPSA) is 147 Å². The normalized spacial score (nSPS) is 23.1. The maximum absolute atomic E-state index is 15.1. The Morgan fingerprint density at radius 3 is 1.61 bits per heavy atom. The maximum Gasteiger partial charge on any atom is 0.416 e. The fraction of sp³-hybridized carbons (Fsp3) is 0.513. The van der Waals surface area contributed by atoms with Crippen molar-refractivity contribution in [2.75, 3.05) is 62.3 Å². The SMILES string of the molecule is CC1(O)CCOC(C(F)(F)CN2CCNC(=O)c3oc4ccc(C(F)(F)F)cc4c32)C1.O=C1CCOC(C(F)(F)CN2CCNC(=O)c3oc4ccc(C(F)(F)F)cc4c32)C1. The van der Waals surface area contributed by atoms with Crippen molar-refractivity contribution in [1.29, 1.82) is 0 Å². The van der Waals surface area contributed by atoms with Crippen LogP contribution >= 0.6 is 0 Å². The zero-order valence-electron chi connectivity index (χ0n) is 32.1. The monoisotopic (exact) mass is 880 g/mol. The summed E-state index contributed by atoms with van der Waals surface area (Å²) in [6.45, 7) is -0.725. The predicted octanol–water partition coefficient (Wildman–Crippen LogP) is 6.95. The molecule has 2 saturated heterocycles. The van der Waals surface area contributed by atoms with Gasteiger partial charge in [-0.25, -0.2) is 17.6 Å². The smallest absolute Gasteiger partial charge is 0.416 e. The van der Waals surface area contributed by atoms with Gasteiger partial charge >= 0.3 is 12.4 Å². The summed E-state index contributed by atoms with van der Waals surface area (Å²) in [5.74, 6) is -9.32. The van der Waals surface area contributed by atoms with E-state index in [4.69, 9.17) is 18.3 Å². The molecule has 2 fully saturated rings. The number of hydrogen-bond donors (Lipinski definition) is 3. The molecular weight excluding hydrogens is 842 g/mol. The third-order valence-corrected chi connectivity index (χ3v) is 10.8. The number of nitrogens with one attached hydrogen (secondary N) is 2. The first-order valence-corrected chi connectivity index (χ1v) is 19.0. The molecule has 4 aromatic rings. The van der Waals surface area contributed by atoms with Crippen molar-refractivity contribution in [3.8, 4) is 0 Å². The number of aliphatic hydroxyl groups is 1. The number of alkyl halides is 10. The first-order valence-electron chi connectivity index (χ1n) is 19.0. The number of carbonyl (C=O) groups is 3. The van der Waals surface area contributed by atoms with E-state index < -0.39 is 84.5 Å². The van der Waals surface area contributed by atoms with E-state index >= 15 is 8.78 Å². The number of furan rings is 2. The van der Waals surface area contributed by atoms with Crippen LogP contribution in [0.2, 0.25) is 0 Å². The second kappa shape index (κ2) is 16.0. The molecule has 0 bridgehead atoms. The van der Waals surface area contributed by atoms with E-state index in [2.05, 4.69) is 10.6 Å². The van der Waals surface area contributed by atoms with Crippen LogP contribution in [0.1, 0.15) is 64.8 Å². The fourth-order valence-corrected chi connectivity index (χ4v) is 7.69. The Kier molecular flexibility index (Phi) is 11.5. The first kappa shape index (κ1) is 44.0. The summed E-state index contributed by atoms with van der Waals surface area (Å²) in [6, 6.07) is 5.30. The number of amides is 2. The predicted molar refractivity (Wildman–Crippen MR) is 195 cm³/mol. The van der Waals surface area contributed by atoms with Crippen molar-refractivity contribution < 1.29 is 81.7 Å². The lowest BCUT2D eigenvalue weighted by atomic mass is 9.89. The Balaban J connectivity index is 0.000000184. The summed E-state index contributed by atoms with van der Waals surface area (Å²) in [6.07, 6.45) is -13.0. The van der Waals surface area contributed by atoms with Gasteiger partial charge in [-0.05, 0) is 49.7 Å². The zero-order valence-corrected chi connectivity index (χ0v) is 32.1. The van der Waals surface area contributed by atoms with Gasteiger partial charge in [-0.1, -0.05) is 0 Å². The molecule has 0 radical (unpaired) electrons. The Hall–Kier alpha value is -5.09. The molecule has 61 heavy (non-hydrogen) atoms. The second-order valence-electron chi connectivity index (χ2n) is 15.5. The van der Waals surface area contributed by atoms with Crippen LogP contribution in [0.25, 0.3) is 21.9 Å². The number of benzene rings is 2. The van der Waals surface area contributed by atoms with Gasteiger partial charge < -0.3 is 43.8 Å². The quantitative estimate of drug-likeness (QED) is 0.174. The van der Waals surface area contributed by atoms with Crippen molar-refractivity contribution in [3.05, 3.63) is 59.0 Å². The zero-order chi connectivity index (χ0) is 44.3. The van der Waals surface area contributed by atoms with Gasteiger partial charge in [-0.2, -0.15) is 26.3 Å². The van der Waals surface area contributed by atoms with Gasteiger partial charge in [0.1, 0.15) is 29.2 Å². The van der Waals surface area contributed by atoms with Crippen molar-refractivity contribution >= 4 is 50.9 Å². The summed E-state index contributed by atoms with van der Waals surface area (Å²) in [7, 11) is 0. The minimum atomic E-state index is -4.66. The summed E-state index contributed by atoms with van der Waals surface area (Å²) < 4.78 is 160. The highest BCUT2D eigenvalue weighted by atomic mass is 19.4. The Morgan fingerprint density at radius 1 is 0.705 bits per heavy atom. The Bertz CT molecular complexity index is 2320. The number of ketones is 1. The molecule has 12 nitrogen and oxygen atoms in total. The van der Waals surface area contributed by atoms with Gasteiger partial charge in [0.15, 0.2) is 0 Å². The van der Waals surface area contributed by atoms with Gasteiger partial charge in [-0.3, -0.25) is 14.4 Å². The number of hydrogen-bond acceptors (Lipinski definition) is 10. The lowest BCUT2D eigenvalue weighted by Crippen LogP contribution is -2.52. The van der Waals surface area contributed by atoms with Crippen molar-refractivity contribution in [2.45, 2.75) is 74.6 Å². The molecular formula is C39H38F10N4O8. The second-order valence-corrected chi connectivity index (χ2v) is 15.5. The molecule has 2 amide bonds. The minimum Gasteiger partial charge on any atom is -0.449 e. The highest BCUT2D eigenvalue weighted by molar-refractivity contribution is 6.08. The van der Waals surface area contributed by atoms with Gasteiger partial charge in [0.05, 0.1) is 47.8 Å². The summed E-state index contributed by atoms with van der Waals surface area (Å²) >= 11 is 0. The Labute approximate surface area is 339 Å². The largest absolute Gasteiger partial charge is 0.449 e. The van der Waals surface area contributed by atoms with Gasteiger partial charge in [0.2, 0.25) is 11.5 Å². The highest BCUT2D eigenvalue weighted by Gasteiger charge is 2.49. The van der Waals surface area contributed by atoms with Crippen LogP contribution in [0, 0.1) is 0 Å². The third kappa shape index (κ3) is 9.25. The van der Waals surface area contributed by atoms with E-state index in [1.54, 1.807) is 0 Å². The molecule has 332 valence electrons. The van der Waals surface area contributed by atoms with Crippen LogP contribution in [0.15, 0.2) is 45.2 Å². The molecule has 4 aliphatic heterocycles. The summed E-state index contributed by atoms with van der Waals surface area (Å²) in [5.41, 5.74) is -3.56. The van der Waals surface area contributed by atoms with Crippen LogP contribution in [-0.4, -0.2) is 105 Å². The summed E-state index contributed by atoms with van der Waals surface area (Å²) in [5, 5.41) is 15.0. The first-order chi connectivity index (χ1) is 28.4. The number of carbonyl (C=O) groups excluding carboxylic acids is 3. The molecule has 3 N–H and O–H groups in total. The number of halogens is 10. The number of fused-ring (bicyclic) bond motifs is 6. The summed E-state index contributed by atoms with van der Waals surface area (Å²) in [4.78, 5) is 38.5. The molecule has 3 atom stereocenters. The van der Waals surface area contributed by atoms with Gasteiger partial charge in [0.25, 0.3) is 23.7 Å². The van der Waals surface area contributed by atoms with E-state index in [0.717, 1.165) is 46.2 Å². The van der Waals surface area contributed by atoms with Crippen LogP contribution in [-0.2, 0) is 26.6 Å². The number of nitrogens with zero attached hydrogens (tertiary/aromatic N) is 2. The molecule has 0 spiro atoms. The van der Waals surface area contributed by atoms with E-state index in [9.17, 15) is 54.6 Å². The van der Waals surface area contributed by atoms with E-state index in [1.807, 2.05) is 0 Å². The van der Waals surface area contributed by atoms with Crippen molar-refractivity contribution in [2.24, 2.45) is 0 Å². The number of rotatable bonds is 6. The minimum absolute atomic E-state index is 0.00279. The molecule has 2 aromatic heterocycles. The average molecular weight is 881 g/mol. The van der Waals surface area contributed by atoms with Crippen LogP contribution in [0.5, 0.6) is 0 Å². The molecule has 4 aliphatic rings. The molecule has 2 aromatic carbocycles. The molecule has 6 heterocycles. The standard InChI is InChI=1S/C20H21F5N2O4.C19H17F5N2O4/c1-18(29)4-7-30-14(9-18)19(21,22)10-27-6-5-26-17(28)16-15(27)12-8-11(20(23,24)25)2-3-13(12)31-16;20-18(21,14-8-11(27)3-6-29-14)9-26-5-4-25-17(28)16-15(26)12-7-10(19(22,23)24)1-2-13(12)30-16/h2-3,8,14,29H,4-7,9-10H2,1H3,(H,26,28);1-2,7,14H,3-6,8-9H2,(H,25,28).